The maximum absolute atomic E-state index is 13.1. The van der Waals surface area contributed by atoms with Crippen molar-refractivity contribution in [1.82, 2.24) is 0 Å². The van der Waals surface area contributed by atoms with Crippen LogP contribution in [-0.2, 0) is 4.79 Å². The maximum Gasteiger partial charge on any atom is 0.303 e. The van der Waals surface area contributed by atoms with E-state index in [0.29, 0.717) is 6.07 Å². The molecule has 0 fully saturated rings. The van der Waals surface area contributed by atoms with Gasteiger partial charge in [0, 0.05) is 12.8 Å². The highest BCUT2D eigenvalue weighted by atomic mass is 19.2. The summed E-state index contributed by atoms with van der Waals surface area (Å²) in [5.74, 6) is -6.43. The molecular weight excluding hydrogens is 237 g/mol. The van der Waals surface area contributed by atoms with Gasteiger partial charge in [-0.15, -0.1) is 0 Å². The van der Waals surface area contributed by atoms with Crippen molar-refractivity contribution in [2.75, 3.05) is 0 Å². The Hall–Kier alpha value is -1.85. The molecule has 0 unspecified atom stereocenters. The number of ketones is 1. The molecule has 1 aromatic carbocycles. The first kappa shape index (κ1) is 13.2. The average Bonchev–Trinajstić information content (AvgIpc) is 2.25. The molecule has 0 heterocycles. The molecule has 0 atom stereocenters. The van der Waals surface area contributed by atoms with Crippen LogP contribution in [0.3, 0.4) is 0 Å². The van der Waals surface area contributed by atoms with Crippen LogP contribution in [-0.4, -0.2) is 16.9 Å². The summed E-state index contributed by atoms with van der Waals surface area (Å²) in [7, 11) is 0. The molecule has 0 aliphatic rings. The number of benzene rings is 1. The minimum atomic E-state index is -1.70. The quantitative estimate of drug-likeness (QED) is 0.641. The SMILES string of the molecule is O=C(O)CCCC(=O)c1ccc(F)c(F)c1F. The van der Waals surface area contributed by atoms with Crippen molar-refractivity contribution < 1.29 is 27.9 Å². The number of aliphatic carboxylic acids is 1. The largest absolute Gasteiger partial charge is 0.481 e. The molecule has 1 rings (SSSR count). The van der Waals surface area contributed by atoms with Gasteiger partial charge >= 0.3 is 5.97 Å². The second kappa shape index (κ2) is 5.47. The second-order valence-corrected chi connectivity index (χ2v) is 3.39. The minimum Gasteiger partial charge on any atom is -0.481 e. The van der Waals surface area contributed by atoms with Crippen molar-refractivity contribution >= 4 is 11.8 Å². The smallest absolute Gasteiger partial charge is 0.303 e. The van der Waals surface area contributed by atoms with Gasteiger partial charge < -0.3 is 5.11 Å². The predicted molar refractivity (Wildman–Crippen MR) is 52.1 cm³/mol. The third kappa shape index (κ3) is 3.30. The van der Waals surface area contributed by atoms with Crippen LogP contribution in [0.15, 0.2) is 12.1 Å². The fourth-order valence-electron chi connectivity index (χ4n) is 1.28. The highest BCUT2D eigenvalue weighted by Gasteiger charge is 2.18. The lowest BCUT2D eigenvalue weighted by Gasteiger charge is -2.03. The molecule has 0 aromatic heterocycles. The zero-order valence-corrected chi connectivity index (χ0v) is 8.67. The monoisotopic (exact) mass is 246 g/mol. The van der Waals surface area contributed by atoms with Gasteiger partial charge in [-0.3, -0.25) is 9.59 Å². The van der Waals surface area contributed by atoms with Gasteiger partial charge in [-0.05, 0) is 18.6 Å². The van der Waals surface area contributed by atoms with Crippen LogP contribution in [0.5, 0.6) is 0 Å². The summed E-state index contributed by atoms with van der Waals surface area (Å²) >= 11 is 0. The molecule has 92 valence electrons. The number of carbonyl (C=O) groups is 2. The molecular formula is C11H9F3O3. The Labute approximate surface area is 94.9 Å². The Morgan fingerprint density at radius 1 is 1.06 bits per heavy atom. The first-order chi connectivity index (χ1) is 7.93. The van der Waals surface area contributed by atoms with E-state index in [1.807, 2.05) is 0 Å². The fourth-order valence-corrected chi connectivity index (χ4v) is 1.28. The summed E-state index contributed by atoms with van der Waals surface area (Å²) in [5, 5.41) is 8.34. The van der Waals surface area contributed by atoms with Gasteiger partial charge in [-0.2, -0.15) is 0 Å². The molecule has 0 saturated carbocycles. The van der Waals surface area contributed by atoms with E-state index in [-0.39, 0.29) is 19.3 Å². The molecule has 0 aliphatic carbocycles. The number of carbonyl (C=O) groups excluding carboxylic acids is 1. The molecule has 1 aromatic rings. The van der Waals surface area contributed by atoms with Gasteiger partial charge in [0.05, 0.1) is 5.56 Å². The third-order valence-corrected chi connectivity index (χ3v) is 2.13. The number of rotatable bonds is 5. The molecule has 0 radical (unpaired) electrons. The van der Waals surface area contributed by atoms with Gasteiger partial charge in [0.1, 0.15) is 0 Å². The lowest BCUT2D eigenvalue weighted by molar-refractivity contribution is -0.137. The van der Waals surface area contributed by atoms with Crippen molar-refractivity contribution in [3.63, 3.8) is 0 Å². The maximum atomic E-state index is 13.1. The predicted octanol–water partition coefficient (Wildman–Crippen LogP) is 2.54. The van der Waals surface area contributed by atoms with Gasteiger partial charge in [0.15, 0.2) is 23.2 Å². The van der Waals surface area contributed by atoms with Crippen LogP contribution in [0.25, 0.3) is 0 Å². The van der Waals surface area contributed by atoms with Crippen molar-refractivity contribution in [3.05, 3.63) is 35.1 Å². The van der Waals surface area contributed by atoms with E-state index < -0.39 is 34.8 Å². The van der Waals surface area contributed by atoms with Gasteiger partial charge in [0.2, 0.25) is 0 Å². The highest BCUT2D eigenvalue weighted by molar-refractivity contribution is 5.96. The highest BCUT2D eigenvalue weighted by Crippen LogP contribution is 2.17. The van der Waals surface area contributed by atoms with E-state index in [4.69, 9.17) is 5.11 Å². The molecule has 0 aliphatic heterocycles. The summed E-state index contributed by atoms with van der Waals surface area (Å²) in [5.41, 5.74) is -0.561. The molecule has 17 heavy (non-hydrogen) atoms. The molecule has 0 spiro atoms. The summed E-state index contributed by atoms with van der Waals surface area (Å²) in [4.78, 5) is 21.6. The van der Waals surface area contributed by atoms with Crippen LogP contribution in [0.1, 0.15) is 29.6 Å². The van der Waals surface area contributed by atoms with E-state index in [1.54, 1.807) is 0 Å². The van der Waals surface area contributed by atoms with E-state index in [9.17, 15) is 22.8 Å². The Balaban J connectivity index is 2.76. The Kier molecular flexibility index (Phi) is 4.25. The minimum absolute atomic E-state index is 0.0204. The zero-order valence-electron chi connectivity index (χ0n) is 8.67. The topological polar surface area (TPSA) is 54.4 Å². The first-order valence-corrected chi connectivity index (χ1v) is 4.82. The van der Waals surface area contributed by atoms with Crippen LogP contribution in [0, 0.1) is 17.5 Å². The summed E-state index contributed by atoms with van der Waals surface area (Å²) < 4.78 is 38.5. The van der Waals surface area contributed by atoms with Crippen molar-refractivity contribution in [2.24, 2.45) is 0 Å². The molecule has 0 saturated heterocycles. The van der Waals surface area contributed by atoms with Crippen LogP contribution in [0.2, 0.25) is 0 Å². The fraction of sp³-hybridized carbons (Fsp3) is 0.273. The Bertz CT molecular complexity index is 458. The Morgan fingerprint density at radius 2 is 1.71 bits per heavy atom. The normalized spacial score (nSPS) is 10.3. The number of carboxylic acids is 1. The van der Waals surface area contributed by atoms with Crippen LogP contribution in [0.4, 0.5) is 13.2 Å². The number of halogens is 3. The number of hydrogen-bond acceptors (Lipinski definition) is 2. The molecule has 0 bridgehead atoms. The van der Waals surface area contributed by atoms with E-state index in [1.165, 1.54) is 0 Å². The van der Waals surface area contributed by atoms with Crippen LogP contribution >= 0.6 is 0 Å². The number of Topliss-reactive ketones (excluding diaryl/α,β-unsaturated/α-hetero) is 1. The van der Waals surface area contributed by atoms with Crippen molar-refractivity contribution in [3.8, 4) is 0 Å². The molecule has 1 N–H and O–H groups in total. The molecule has 3 nitrogen and oxygen atoms in total. The zero-order chi connectivity index (χ0) is 13.0. The van der Waals surface area contributed by atoms with E-state index in [0.717, 1.165) is 6.07 Å². The standard InChI is InChI=1S/C11H9F3O3/c12-7-5-4-6(10(13)11(7)14)8(15)2-1-3-9(16)17/h4-5H,1-3H2,(H,16,17). The van der Waals surface area contributed by atoms with E-state index in [2.05, 4.69) is 0 Å². The number of hydrogen-bond donors (Lipinski definition) is 1. The lowest BCUT2D eigenvalue weighted by atomic mass is 10.0. The van der Waals surface area contributed by atoms with E-state index >= 15 is 0 Å². The van der Waals surface area contributed by atoms with Gasteiger partial charge in [0.25, 0.3) is 0 Å². The molecule has 6 heteroatoms. The van der Waals surface area contributed by atoms with Crippen molar-refractivity contribution in [2.45, 2.75) is 19.3 Å². The van der Waals surface area contributed by atoms with Crippen LogP contribution < -0.4 is 0 Å². The summed E-state index contributed by atoms with van der Waals surface area (Å²) in [6.07, 6.45) is -0.446. The average molecular weight is 246 g/mol. The van der Waals surface area contributed by atoms with Gasteiger partial charge in [-0.1, -0.05) is 0 Å². The summed E-state index contributed by atoms with van der Waals surface area (Å²) in [6.45, 7) is 0. The van der Waals surface area contributed by atoms with Crippen molar-refractivity contribution in [1.29, 1.82) is 0 Å². The Morgan fingerprint density at radius 3 is 2.29 bits per heavy atom. The molecule has 0 amide bonds. The second-order valence-electron chi connectivity index (χ2n) is 3.39. The number of carboxylic acid groups (broad SMARTS) is 1. The third-order valence-electron chi connectivity index (χ3n) is 2.13. The first-order valence-electron chi connectivity index (χ1n) is 4.82. The van der Waals surface area contributed by atoms with Gasteiger partial charge in [-0.25, -0.2) is 13.2 Å². The summed E-state index contributed by atoms with van der Waals surface area (Å²) in [6, 6.07) is 1.50. The lowest BCUT2D eigenvalue weighted by Crippen LogP contribution is -2.06.